The lowest BCUT2D eigenvalue weighted by Gasteiger charge is -2.27. The molecule has 0 bridgehead atoms. The third kappa shape index (κ3) is 3.88. The van der Waals surface area contributed by atoms with Crippen LogP contribution in [0, 0.1) is 0 Å². The highest BCUT2D eigenvalue weighted by Gasteiger charge is 2.23. The van der Waals surface area contributed by atoms with Gasteiger partial charge in [-0.15, -0.1) is 0 Å². The number of aryl methyl sites for hydroxylation is 1. The zero-order valence-corrected chi connectivity index (χ0v) is 11.8. The zero-order chi connectivity index (χ0) is 14.0. The first-order valence-corrected chi connectivity index (χ1v) is 6.70. The first-order chi connectivity index (χ1) is 8.83. The molecule has 1 atom stereocenters. The van der Waals surface area contributed by atoms with Crippen molar-refractivity contribution in [1.82, 2.24) is 5.32 Å². The molecule has 0 radical (unpaired) electrons. The van der Waals surface area contributed by atoms with E-state index in [-0.39, 0.29) is 12.1 Å². The Kier molecular flexibility index (Phi) is 3.69. The average Bonchev–Trinajstić information content (AvgIpc) is 2.26. The lowest BCUT2D eigenvalue weighted by atomic mass is 9.88. The molecule has 1 aliphatic rings. The minimum atomic E-state index is -0.453. The van der Waals surface area contributed by atoms with Crippen LogP contribution < -0.4 is 11.1 Å². The summed E-state index contributed by atoms with van der Waals surface area (Å²) >= 11 is 0. The van der Waals surface area contributed by atoms with Gasteiger partial charge >= 0.3 is 6.09 Å². The van der Waals surface area contributed by atoms with Gasteiger partial charge in [0.05, 0.1) is 0 Å². The molecule has 1 aromatic carbocycles. The summed E-state index contributed by atoms with van der Waals surface area (Å²) in [5.74, 6) is 0. The second-order valence-electron chi connectivity index (χ2n) is 6.11. The van der Waals surface area contributed by atoms with E-state index >= 15 is 0 Å². The van der Waals surface area contributed by atoms with Crippen molar-refractivity contribution in [3.63, 3.8) is 0 Å². The Bertz CT molecular complexity index is 478. The smallest absolute Gasteiger partial charge is 0.407 e. The monoisotopic (exact) mass is 262 g/mol. The van der Waals surface area contributed by atoms with E-state index in [1.165, 1.54) is 11.1 Å². The number of benzene rings is 1. The van der Waals surface area contributed by atoms with Crippen LogP contribution in [0.25, 0.3) is 0 Å². The summed E-state index contributed by atoms with van der Waals surface area (Å²) in [5, 5.41) is 2.94. The number of nitrogens with two attached hydrogens (primary N) is 1. The Morgan fingerprint density at radius 3 is 2.79 bits per heavy atom. The molecular weight excluding hydrogens is 240 g/mol. The Morgan fingerprint density at radius 1 is 1.37 bits per heavy atom. The second-order valence-corrected chi connectivity index (χ2v) is 6.11. The molecule has 4 nitrogen and oxygen atoms in total. The van der Waals surface area contributed by atoms with Crippen LogP contribution in [0.15, 0.2) is 18.2 Å². The van der Waals surface area contributed by atoms with Gasteiger partial charge in [0.15, 0.2) is 0 Å². The Balaban J connectivity index is 1.95. The van der Waals surface area contributed by atoms with Crippen LogP contribution in [-0.2, 0) is 17.6 Å². The number of hydrogen-bond acceptors (Lipinski definition) is 3. The molecule has 1 amide bonds. The lowest BCUT2D eigenvalue weighted by Crippen LogP contribution is -2.41. The van der Waals surface area contributed by atoms with Gasteiger partial charge in [-0.25, -0.2) is 4.79 Å². The number of anilines is 1. The fourth-order valence-corrected chi connectivity index (χ4v) is 2.37. The molecule has 0 heterocycles. The molecule has 19 heavy (non-hydrogen) atoms. The quantitative estimate of drug-likeness (QED) is 0.765. The van der Waals surface area contributed by atoms with Crippen LogP contribution >= 0.6 is 0 Å². The van der Waals surface area contributed by atoms with Crippen LogP contribution in [-0.4, -0.2) is 17.7 Å². The number of carbonyl (C=O) groups is 1. The summed E-state index contributed by atoms with van der Waals surface area (Å²) in [7, 11) is 0. The van der Waals surface area contributed by atoms with Crippen molar-refractivity contribution in [3.8, 4) is 0 Å². The van der Waals surface area contributed by atoms with E-state index in [0.717, 1.165) is 24.9 Å². The van der Waals surface area contributed by atoms with E-state index in [1.54, 1.807) is 0 Å². The van der Waals surface area contributed by atoms with Crippen LogP contribution in [0.2, 0.25) is 0 Å². The molecule has 0 aliphatic heterocycles. The van der Waals surface area contributed by atoms with Gasteiger partial charge in [0, 0.05) is 11.7 Å². The molecular formula is C15H22N2O2. The van der Waals surface area contributed by atoms with Crippen molar-refractivity contribution in [1.29, 1.82) is 0 Å². The van der Waals surface area contributed by atoms with Crippen LogP contribution in [0.3, 0.4) is 0 Å². The Hall–Kier alpha value is -1.71. The third-order valence-corrected chi connectivity index (χ3v) is 3.18. The van der Waals surface area contributed by atoms with Crippen molar-refractivity contribution in [2.45, 2.75) is 51.7 Å². The molecule has 0 saturated heterocycles. The minimum Gasteiger partial charge on any atom is -0.444 e. The standard InChI is InChI=1S/C15H22N2O2/c1-15(2,3)19-14(18)17-13-7-5-10-8-12(16)6-4-11(10)9-13/h4,6,8,13H,5,7,9,16H2,1-3H3,(H,17,18). The number of rotatable bonds is 1. The highest BCUT2D eigenvalue weighted by Crippen LogP contribution is 2.23. The van der Waals surface area contributed by atoms with E-state index in [4.69, 9.17) is 10.5 Å². The fourth-order valence-electron chi connectivity index (χ4n) is 2.37. The average molecular weight is 262 g/mol. The number of alkyl carbamates (subject to hydrolysis) is 1. The van der Waals surface area contributed by atoms with Gasteiger partial charge in [0.25, 0.3) is 0 Å². The predicted molar refractivity (Wildman–Crippen MR) is 76.0 cm³/mol. The number of amides is 1. The number of fused-ring (bicyclic) bond motifs is 1. The van der Waals surface area contributed by atoms with Crippen molar-refractivity contribution in [2.24, 2.45) is 0 Å². The SMILES string of the molecule is CC(C)(C)OC(=O)NC1CCc2cc(N)ccc2C1. The summed E-state index contributed by atoms with van der Waals surface area (Å²) in [4.78, 5) is 11.7. The number of hydrogen-bond donors (Lipinski definition) is 2. The maximum atomic E-state index is 11.7. The van der Waals surface area contributed by atoms with Gasteiger partial charge in [0.1, 0.15) is 5.60 Å². The molecule has 1 unspecified atom stereocenters. The van der Waals surface area contributed by atoms with Crippen LogP contribution in [0.4, 0.5) is 10.5 Å². The molecule has 0 fully saturated rings. The summed E-state index contributed by atoms with van der Waals surface area (Å²) in [6.07, 6.45) is 2.38. The molecule has 3 N–H and O–H groups in total. The minimum absolute atomic E-state index is 0.144. The zero-order valence-electron chi connectivity index (χ0n) is 11.8. The van der Waals surface area contributed by atoms with E-state index in [0.29, 0.717) is 0 Å². The van der Waals surface area contributed by atoms with Crippen molar-refractivity contribution in [2.75, 3.05) is 5.73 Å². The molecule has 2 rings (SSSR count). The van der Waals surface area contributed by atoms with E-state index in [2.05, 4.69) is 5.32 Å². The summed E-state index contributed by atoms with van der Waals surface area (Å²) in [5.41, 5.74) is 8.69. The maximum Gasteiger partial charge on any atom is 0.407 e. The van der Waals surface area contributed by atoms with Crippen molar-refractivity contribution in [3.05, 3.63) is 29.3 Å². The van der Waals surface area contributed by atoms with Crippen LogP contribution in [0.5, 0.6) is 0 Å². The largest absolute Gasteiger partial charge is 0.444 e. The molecule has 1 aromatic rings. The van der Waals surface area contributed by atoms with Gasteiger partial charge in [-0.1, -0.05) is 6.07 Å². The number of carbonyl (C=O) groups excluding carboxylic acids is 1. The van der Waals surface area contributed by atoms with Gasteiger partial charge < -0.3 is 15.8 Å². The van der Waals surface area contributed by atoms with Gasteiger partial charge in [-0.2, -0.15) is 0 Å². The number of ether oxygens (including phenoxy) is 1. The number of nitrogens with one attached hydrogen (secondary N) is 1. The molecule has 0 saturated carbocycles. The molecule has 4 heteroatoms. The maximum absolute atomic E-state index is 11.7. The normalized spacial score (nSPS) is 18.6. The predicted octanol–water partition coefficient (Wildman–Crippen LogP) is 2.65. The third-order valence-electron chi connectivity index (χ3n) is 3.18. The number of nitrogen functional groups attached to an aromatic ring is 1. The van der Waals surface area contributed by atoms with Crippen molar-refractivity contribution >= 4 is 11.8 Å². The van der Waals surface area contributed by atoms with Gasteiger partial charge in [-0.05, 0) is 63.3 Å². The summed E-state index contributed by atoms with van der Waals surface area (Å²) in [6.45, 7) is 5.60. The summed E-state index contributed by atoms with van der Waals surface area (Å²) in [6, 6.07) is 6.13. The van der Waals surface area contributed by atoms with E-state index in [9.17, 15) is 4.79 Å². The first kappa shape index (κ1) is 13.7. The topological polar surface area (TPSA) is 64.3 Å². The highest BCUT2D eigenvalue weighted by molar-refractivity contribution is 5.68. The molecule has 0 spiro atoms. The van der Waals surface area contributed by atoms with Gasteiger partial charge in [-0.3, -0.25) is 0 Å². The second kappa shape index (κ2) is 5.11. The Labute approximate surface area is 114 Å². The van der Waals surface area contributed by atoms with E-state index < -0.39 is 5.60 Å². The molecule has 1 aliphatic carbocycles. The fraction of sp³-hybridized carbons (Fsp3) is 0.533. The lowest BCUT2D eigenvalue weighted by molar-refractivity contribution is 0.0500. The molecule has 0 aromatic heterocycles. The van der Waals surface area contributed by atoms with Crippen molar-refractivity contribution < 1.29 is 9.53 Å². The summed E-state index contributed by atoms with van der Waals surface area (Å²) < 4.78 is 5.28. The molecule has 104 valence electrons. The highest BCUT2D eigenvalue weighted by atomic mass is 16.6. The van der Waals surface area contributed by atoms with E-state index in [1.807, 2.05) is 39.0 Å². The first-order valence-electron chi connectivity index (χ1n) is 6.70. The Morgan fingerprint density at radius 2 is 2.11 bits per heavy atom. The van der Waals surface area contributed by atoms with Crippen LogP contribution in [0.1, 0.15) is 38.3 Å². The van der Waals surface area contributed by atoms with Gasteiger partial charge in [0.2, 0.25) is 0 Å².